The van der Waals surface area contributed by atoms with Crippen molar-refractivity contribution in [2.24, 2.45) is 0 Å². The van der Waals surface area contributed by atoms with Gasteiger partial charge in [0.15, 0.2) is 0 Å². The van der Waals surface area contributed by atoms with Crippen molar-refractivity contribution >= 4 is 11.6 Å². The minimum Gasteiger partial charge on any atom is -0.202 e. The third kappa shape index (κ3) is 2.94. The van der Waals surface area contributed by atoms with Gasteiger partial charge in [0.05, 0.1) is 0 Å². The fourth-order valence-corrected chi connectivity index (χ4v) is 2.00. The zero-order valence-electron chi connectivity index (χ0n) is 10.3. The molecule has 0 unspecified atom stereocenters. The number of rotatable bonds is 2. The van der Waals surface area contributed by atoms with Crippen LogP contribution in [0.1, 0.15) is 18.1 Å². The summed E-state index contributed by atoms with van der Waals surface area (Å²) in [6, 6.07) is 11.4. The first kappa shape index (κ1) is 13.6. The molecule has 96 valence electrons. The minimum absolute atomic E-state index is 0.0785. The number of benzene rings is 2. The van der Waals surface area contributed by atoms with Gasteiger partial charge in [0.1, 0.15) is 0 Å². The lowest BCUT2D eigenvalue weighted by Gasteiger charge is -2.16. The summed E-state index contributed by atoms with van der Waals surface area (Å²) in [6.45, 7) is 0.863. The maximum Gasteiger partial charge on any atom is 0.271 e. The third-order valence-electron chi connectivity index (χ3n) is 2.81. The molecule has 2 rings (SSSR count). The highest BCUT2D eigenvalue weighted by Crippen LogP contribution is 2.36. The van der Waals surface area contributed by atoms with Crippen molar-refractivity contribution in [2.45, 2.75) is 12.8 Å². The van der Waals surface area contributed by atoms with Gasteiger partial charge in [0.2, 0.25) is 0 Å². The van der Waals surface area contributed by atoms with Gasteiger partial charge in [-0.05, 0) is 35.4 Å². The fraction of sp³-hybridized carbons (Fsp3) is 0.125. The summed E-state index contributed by atoms with van der Waals surface area (Å²) >= 11 is 5.80. The van der Waals surface area contributed by atoms with E-state index in [0.29, 0.717) is 21.7 Å². The molecule has 0 spiro atoms. The lowest BCUT2D eigenvalue weighted by molar-refractivity contribution is 0.0181. The van der Waals surface area contributed by atoms with E-state index in [2.05, 4.69) is 5.92 Å². The molecule has 2 aromatic carbocycles. The summed E-state index contributed by atoms with van der Waals surface area (Å²) in [7, 11) is 0. The smallest absolute Gasteiger partial charge is 0.202 e. The largest absolute Gasteiger partial charge is 0.271 e. The molecule has 0 heterocycles. The van der Waals surface area contributed by atoms with E-state index in [4.69, 9.17) is 18.0 Å². The Kier molecular flexibility index (Phi) is 3.59. The third-order valence-corrected chi connectivity index (χ3v) is 3.07. The summed E-state index contributed by atoms with van der Waals surface area (Å²) < 4.78 is 27.4. The molecular weight excluding hydrogens is 266 g/mol. The average molecular weight is 277 g/mol. The van der Waals surface area contributed by atoms with Crippen LogP contribution >= 0.6 is 11.6 Å². The van der Waals surface area contributed by atoms with E-state index in [0.717, 1.165) is 6.92 Å². The number of halogens is 3. The molecule has 0 aliphatic rings. The lowest BCUT2D eigenvalue weighted by Crippen LogP contribution is -2.09. The van der Waals surface area contributed by atoms with Gasteiger partial charge in [0.25, 0.3) is 5.92 Å². The van der Waals surface area contributed by atoms with E-state index in [-0.39, 0.29) is 5.56 Å². The minimum atomic E-state index is -2.96. The first-order valence-corrected chi connectivity index (χ1v) is 6.04. The van der Waals surface area contributed by atoms with Crippen molar-refractivity contribution in [3.05, 3.63) is 58.6 Å². The number of alkyl halides is 2. The molecule has 0 aromatic heterocycles. The van der Waals surface area contributed by atoms with Crippen molar-refractivity contribution in [2.75, 3.05) is 0 Å². The molecule has 0 aliphatic heterocycles. The SMILES string of the molecule is C#Cc1ccc(-c2ccc(Cl)cc2)c(C(C)(F)F)c1. The molecule has 0 amide bonds. The first-order chi connectivity index (χ1) is 8.91. The molecule has 19 heavy (non-hydrogen) atoms. The molecule has 0 saturated heterocycles. The summed E-state index contributed by atoms with van der Waals surface area (Å²) in [4.78, 5) is 0. The van der Waals surface area contributed by atoms with Crippen LogP contribution < -0.4 is 0 Å². The Labute approximate surface area is 116 Å². The maximum atomic E-state index is 13.7. The number of terminal acetylenes is 1. The van der Waals surface area contributed by atoms with Gasteiger partial charge >= 0.3 is 0 Å². The predicted octanol–water partition coefficient (Wildman–Crippen LogP) is 5.10. The Hall–Kier alpha value is -1.85. The lowest BCUT2D eigenvalue weighted by atomic mass is 9.94. The van der Waals surface area contributed by atoms with Crippen molar-refractivity contribution in [1.82, 2.24) is 0 Å². The molecule has 2 aromatic rings. The van der Waals surface area contributed by atoms with E-state index in [1.54, 1.807) is 36.4 Å². The van der Waals surface area contributed by atoms with Gasteiger partial charge in [-0.2, -0.15) is 0 Å². The molecule has 0 N–H and O–H groups in total. The van der Waals surface area contributed by atoms with Crippen LogP contribution in [0, 0.1) is 12.3 Å². The zero-order chi connectivity index (χ0) is 14.0. The normalized spacial score (nSPS) is 11.1. The van der Waals surface area contributed by atoms with Crippen LogP contribution in [0.3, 0.4) is 0 Å². The first-order valence-electron chi connectivity index (χ1n) is 5.67. The Morgan fingerprint density at radius 1 is 1.11 bits per heavy atom. The van der Waals surface area contributed by atoms with Crippen LogP contribution in [-0.4, -0.2) is 0 Å². The molecule has 0 nitrogen and oxygen atoms in total. The summed E-state index contributed by atoms with van der Waals surface area (Å²) in [5.41, 5.74) is 1.51. The Morgan fingerprint density at radius 3 is 2.26 bits per heavy atom. The monoisotopic (exact) mass is 276 g/mol. The van der Waals surface area contributed by atoms with Gasteiger partial charge in [-0.15, -0.1) is 6.42 Å². The van der Waals surface area contributed by atoms with Gasteiger partial charge in [-0.25, -0.2) is 8.78 Å². The highest BCUT2D eigenvalue weighted by molar-refractivity contribution is 6.30. The van der Waals surface area contributed by atoms with E-state index in [9.17, 15) is 8.78 Å². The van der Waals surface area contributed by atoms with Crippen LogP contribution in [0.25, 0.3) is 11.1 Å². The van der Waals surface area contributed by atoms with Crippen molar-refractivity contribution in [1.29, 1.82) is 0 Å². The maximum absolute atomic E-state index is 13.7. The second-order valence-corrected chi connectivity index (χ2v) is 4.74. The van der Waals surface area contributed by atoms with Crippen molar-refractivity contribution < 1.29 is 8.78 Å². The molecule has 0 saturated carbocycles. The quantitative estimate of drug-likeness (QED) is 0.670. The van der Waals surface area contributed by atoms with Crippen LogP contribution in [0.4, 0.5) is 8.78 Å². The van der Waals surface area contributed by atoms with E-state index >= 15 is 0 Å². The zero-order valence-corrected chi connectivity index (χ0v) is 11.0. The Morgan fingerprint density at radius 2 is 1.74 bits per heavy atom. The van der Waals surface area contributed by atoms with Crippen molar-refractivity contribution in [3.63, 3.8) is 0 Å². The highest BCUT2D eigenvalue weighted by Gasteiger charge is 2.28. The number of hydrogen-bond acceptors (Lipinski definition) is 0. The standard InChI is InChI=1S/C16H11ClF2/c1-3-11-4-9-14(15(10-11)16(2,18)19)12-5-7-13(17)8-6-12/h1,4-10H,2H3. The average Bonchev–Trinajstić information content (AvgIpc) is 2.38. The predicted molar refractivity (Wildman–Crippen MR) is 74.4 cm³/mol. The van der Waals surface area contributed by atoms with E-state index in [1.165, 1.54) is 6.07 Å². The molecule has 3 heteroatoms. The molecule has 0 radical (unpaired) electrons. The fourth-order valence-electron chi connectivity index (χ4n) is 1.88. The number of hydrogen-bond donors (Lipinski definition) is 0. The highest BCUT2D eigenvalue weighted by atomic mass is 35.5. The molecule has 0 atom stereocenters. The van der Waals surface area contributed by atoms with Crippen molar-refractivity contribution in [3.8, 4) is 23.5 Å². The summed E-state index contributed by atoms with van der Waals surface area (Å²) in [5.74, 6) is -0.584. The Bertz CT molecular complexity index is 631. The van der Waals surface area contributed by atoms with E-state index < -0.39 is 5.92 Å². The van der Waals surface area contributed by atoms with Gasteiger partial charge in [-0.3, -0.25) is 0 Å². The summed E-state index contributed by atoms with van der Waals surface area (Å²) in [6.07, 6.45) is 5.26. The van der Waals surface area contributed by atoms with Gasteiger partial charge in [0, 0.05) is 23.1 Å². The van der Waals surface area contributed by atoms with Crippen LogP contribution in [0.5, 0.6) is 0 Å². The van der Waals surface area contributed by atoms with Crippen LogP contribution in [0.15, 0.2) is 42.5 Å². The van der Waals surface area contributed by atoms with Crippen LogP contribution in [-0.2, 0) is 5.92 Å². The van der Waals surface area contributed by atoms with Gasteiger partial charge in [-0.1, -0.05) is 35.7 Å². The molecule has 0 aliphatic carbocycles. The Balaban J connectivity index is 2.63. The summed E-state index contributed by atoms with van der Waals surface area (Å²) in [5, 5.41) is 0.564. The molecular formula is C16H11ClF2. The van der Waals surface area contributed by atoms with E-state index in [1.807, 2.05) is 0 Å². The molecule has 0 bridgehead atoms. The van der Waals surface area contributed by atoms with Crippen LogP contribution in [0.2, 0.25) is 5.02 Å². The topological polar surface area (TPSA) is 0 Å². The molecule has 0 fully saturated rings. The second-order valence-electron chi connectivity index (χ2n) is 4.30. The van der Waals surface area contributed by atoms with Gasteiger partial charge < -0.3 is 0 Å². The second kappa shape index (κ2) is 5.03.